The summed E-state index contributed by atoms with van der Waals surface area (Å²) in [6.45, 7) is 0.296. The van der Waals surface area contributed by atoms with Gasteiger partial charge in [0.05, 0.1) is 13.7 Å². The molecule has 4 aromatic rings. The number of aromatic nitrogens is 3. The molecule has 0 saturated carbocycles. The lowest BCUT2D eigenvalue weighted by atomic mass is 10.0. The molecule has 0 aliphatic carbocycles. The third-order valence-corrected chi connectivity index (χ3v) is 4.14. The molecule has 0 aliphatic heterocycles. The number of pyridine rings is 1. The minimum atomic E-state index is -0.161. The van der Waals surface area contributed by atoms with Crippen molar-refractivity contribution in [3.05, 3.63) is 72.2 Å². The predicted molar refractivity (Wildman–Crippen MR) is 94.7 cm³/mol. The van der Waals surface area contributed by atoms with E-state index in [1.165, 1.54) is 0 Å². The van der Waals surface area contributed by atoms with Crippen molar-refractivity contribution in [3.8, 4) is 5.75 Å². The third-order valence-electron chi connectivity index (χ3n) is 4.14. The van der Waals surface area contributed by atoms with Crippen LogP contribution in [0.5, 0.6) is 5.75 Å². The maximum Gasteiger partial charge on any atom is 0.252 e. The average Bonchev–Trinajstić information content (AvgIpc) is 3.08. The molecule has 0 spiro atoms. The minimum absolute atomic E-state index is 0.161. The Kier molecular flexibility index (Phi) is 3.78. The predicted octanol–water partition coefficient (Wildman–Crippen LogP) is 2.82. The van der Waals surface area contributed by atoms with Crippen LogP contribution >= 0.6 is 0 Å². The zero-order valence-corrected chi connectivity index (χ0v) is 13.6. The molecule has 0 saturated heterocycles. The summed E-state index contributed by atoms with van der Waals surface area (Å²) in [4.78, 5) is 12.7. The van der Waals surface area contributed by atoms with Crippen molar-refractivity contribution in [2.45, 2.75) is 6.54 Å². The van der Waals surface area contributed by atoms with Gasteiger partial charge in [-0.3, -0.25) is 9.20 Å². The Hall–Kier alpha value is -3.41. The monoisotopic (exact) mass is 332 g/mol. The van der Waals surface area contributed by atoms with E-state index in [2.05, 4.69) is 15.5 Å². The van der Waals surface area contributed by atoms with Crippen LogP contribution in [0.15, 0.2) is 60.8 Å². The largest absolute Gasteiger partial charge is 0.496 e. The van der Waals surface area contributed by atoms with E-state index in [0.29, 0.717) is 17.9 Å². The summed E-state index contributed by atoms with van der Waals surface area (Å²) in [5.41, 5.74) is 1.35. The Labute approximate surface area is 144 Å². The molecule has 6 heteroatoms. The Morgan fingerprint density at radius 1 is 1.04 bits per heavy atom. The Morgan fingerprint density at radius 2 is 1.84 bits per heavy atom. The van der Waals surface area contributed by atoms with Gasteiger partial charge in [-0.05, 0) is 29.7 Å². The summed E-state index contributed by atoms with van der Waals surface area (Å²) >= 11 is 0. The van der Waals surface area contributed by atoms with E-state index in [9.17, 15) is 4.79 Å². The second-order valence-electron chi connectivity index (χ2n) is 5.59. The first kappa shape index (κ1) is 15.1. The van der Waals surface area contributed by atoms with Crippen LogP contribution in [0.4, 0.5) is 0 Å². The molecule has 0 atom stereocenters. The van der Waals surface area contributed by atoms with Crippen LogP contribution in [-0.2, 0) is 6.54 Å². The molecule has 0 fully saturated rings. The summed E-state index contributed by atoms with van der Waals surface area (Å²) in [6.07, 6.45) is 1.87. The molecule has 0 radical (unpaired) electrons. The van der Waals surface area contributed by atoms with Gasteiger partial charge in [0.25, 0.3) is 5.91 Å². The van der Waals surface area contributed by atoms with Crippen molar-refractivity contribution < 1.29 is 9.53 Å². The Bertz CT molecular complexity index is 1070. The number of rotatable bonds is 4. The molecule has 1 N–H and O–H groups in total. The van der Waals surface area contributed by atoms with Gasteiger partial charge in [0.15, 0.2) is 11.5 Å². The van der Waals surface area contributed by atoms with Crippen LogP contribution in [0.1, 0.15) is 16.2 Å². The van der Waals surface area contributed by atoms with Gasteiger partial charge in [-0.25, -0.2) is 0 Å². The Balaban J connectivity index is 1.62. The lowest BCUT2D eigenvalue weighted by molar-refractivity contribution is 0.0951. The van der Waals surface area contributed by atoms with E-state index in [1.807, 2.05) is 59.1 Å². The van der Waals surface area contributed by atoms with Crippen LogP contribution in [-0.4, -0.2) is 27.6 Å². The van der Waals surface area contributed by atoms with Crippen molar-refractivity contribution in [3.63, 3.8) is 0 Å². The summed E-state index contributed by atoms with van der Waals surface area (Å²) in [5, 5.41) is 12.9. The molecule has 1 amide bonds. The SMILES string of the molecule is COc1ccc(C(=O)NCc2nnc3ccccn23)c2ccccc12. The third kappa shape index (κ3) is 2.67. The minimum Gasteiger partial charge on any atom is -0.496 e. The molecule has 0 aliphatic rings. The van der Waals surface area contributed by atoms with Crippen LogP contribution < -0.4 is 10.1 Å². The number of carbonyl (C=O) groups excluding carboxylic acids is 1. The lowest BCUT2D eigenvalue weighted by Gasteiger charge is -2.10. The van der Waals surface area contributed by atoms with E-state index >= 15 is 0 Å². The van der Waals surface area contributed by atoms with Crippen LogP contribution in [0.25, 0.3) is 16.4 Å². The topological polar surface area (TPSA) is 68.5 Å². The fourth-order valence-corrected chi connectivity index (χ4v) is 2.91. The van der Waals surface area contributed by atoms with Crippen LogP contribution in [0, 0.1) is 0 Å². The van der Waals surface area contributed by atoms with Gasteiger partial charge in [0, 0.05) is 17.1 Å². The fraction of sp³-hybridized carbons (Fsp3) is 0.105. The standard InChI is InChI=1S/C19H16N4O2/c1-25-16-10-9-15(13-6-2-3-7-14(13)16)19(24)20-12-18-22-21-17-8-4-5-11-23(17)18/h2-11H,12H2,1H3,(H,20,24). The molecule has 25 heavy (non-hydrogen) atoms. The molecule has 0 bridgehead atoms. The second-order valence-corrected chi connectivity index (χ2v) is 5.59. The number of carbonyl (C=O) groups is 1. The number of hydrogen-bond acceptors (Lipinski definition) is 4. The maximum atomic E-state index is 12.7. The lowest BCUT2D eigenvalue weighted by Crippen LogP contribution is -2.24. The number of fused-ring (bicyclic) bond motifs is 2. The molecule has 6 nitrogen and oxygen atoms in total. The van der Waals surface area contributed by atoms with Crippen LogP contribution in [0.3, 0.4) is 0 Å². The molecule has 2 heterocycles. The van der Waals surface area contributed by atoms with Crippen molar-refractivity contribution in [2.24, 2.45) is 0 Å². The molecule has 2 aromatic heterocycles. The van der Waals surface area contributed by atoms with Gasteiger partial charge < -0.3 is 10.1 Å². The summed E-state index contributed by atoms with van der Waals surface area (Å²) < 4.78 is 7.23. The highest BCUT2D eigenvalue weighted by Crippen LogP contribution is 2.28. The number of methoxy groups -OCH3 is 1. The van der Waals surface area contributed by atoms with Gasteiger partial charge in [0.1, 0.15) is 5.75 Å². The van der Waals surface area contributed by atoms with E-state index in [0.717, 1.165) is 22.2 Å². The molecule has 124 valence electrons. The molecule has 4 rings (SSSR count). The van der Waals surface area contributed by atoms with E-state index < -0.39 is 0 Å². The quantitative estimate of drug-likeness (QED) is 0.624. The summed E-state index contributed by atoms with van der Waals surface area (Å²) in [7, 11) is 1.62. The van der Waals surface area contributed by atoms with Gasteiger partial charge in [-0.2, -0.15) is 0 Å². The second kappa shape index (κ2) is 6.24. The highest BCUT2D eigenvalue weighted by molar-refractivity contribution is 6.08. The highest BCUT2D eigenvalue weighted by atomic mass is 16.5. The number of amides is 1. The number of nitrogens with one attached hydrogen (secondary N) is 1. The number of ether oxygens (including phenoxy) is 1. The van der Waals surface area contributed by atoms with Crippen molar-refractivity contribution in [2.75, 3.05) is 7.11 Å². The first-order valence-electron chi connectivity index (χ1n) is 7.90. The van der Waals surface area contributed by atoms with Gasteiger partial charge >= 0.3 is 0 Å². The maximum absolute atomic E-state index is 12.7. The van der Waals surface area contributed by atoms with Crippen molar-refractivity contribution >= 4 is 22.3 Å². The van der Waals surface area contributed by atoms with Gasteiger partial charge in [0.2, 0.25) is 0 Å². The zero-order valence-electron chi connectivity index (χ0n) is 13.6. The smallest absolute Gasteiger partial charge is 0.252 e. The highest BCUT2D eigenvalue weighted by Gasteiger charge is 2.13. The molecular weight excluding hydrogens is 316 g/mol. The van der Waals surface area contributed by atoms with E-state index in [-0.39, 0.29) is 5.91 Å². The van der Waals surface area contributed by atoms with Crippen molar-refractivity contribution in [1.29, 1.82) is 0 Å². The average molecular weight is 332 g/mol. The summed E-state index contributed by atoms with van der Waals surface area (Å²) in [6, 6.07) is 16.9. The molecule has 0 unspecified atom stereocenters. The normalized spacial score (nSPS) is 10.9. The Morgan fingerprint density at radius 3 is 2.68 bits per heavy atom. The first-order valence-corrected chi connectivity index (χ1v) is 7.90. The fourth-order valence-electron chi connectivity index (χ4n) is 2.91. The number of nitrogens with zero attached hydrogens (tertiary/aromatic N) is 3. The van der Waals surface area contributed by atoms with Gasteiger partial charge in [-0.1, -0.05) is 30.3 Å². The van der Waals surface area contributed by atoms with E-state index in [4.69, 9.17) is 4.74 Å². The number of hydrogen-bond donors (Lipinski definition) is 1. The van der Waals surface area contributed by atoms with E-state index in [1.54, 1.807) is 13.2 Å². The van der Waals surface area contributed by atoms with Gasteiger partial charge in [-0.15, -0.1) is 10.2 Å². The van der Waals surface area contributed by atoms with Crippen LogP contribution in [0.2, 0.25) is 0 Å². The molecular formula is C19H16N4O2. The number of benzene rings is 2. The summed E-state index contributed by atoms with van der Waals surface area (Å²) in [5.74, 6) is 1.27. The van der Waals surface area contributed by atoms with Crippen molar-refractivity contribution in [1.82, 2.24) is 19.9 Å². The first-order chi connectivity index (χ1) is 12.3. The zero-order chi connectivity index (χ0) is 17.2. The molecule has 2 aromatic carbocycles.